The number of rotatable bonds is 7. The number of nitrogens with zero attached hydrogens (tertiary/aromatic N) is 2. The van der Waals surface area contributed by atoms with Crippen LogP contribution in [0.4, 0.5) is 0 Å². The van der Waals surface area contributed by atoms with Crippen LogP contribution in [0.15, 0.2) is 0 Å². The molecule has 1 fully saturated rings. The van der Waals surface area contributed by atoms with Crippen molar-refractivity contribution in [3.63, 3.8) is 0 Å². The Morgan fingerprint density at radius 2 is 2.06 bits per heavy atom. The summed E-state index contributed by atoms with van der Waals surface area (Å²) in [7, 11) is -3.33. The molecule has 1 unspecified atom stereocenters. The van der Waals surface area contributed by atoms with E-state index < -0.39 is 10.2 Å². The highest BCUT2D eigenvalue weighted by atomic mass is 35.5. The van der Waals surface area contributed by atoms with Crippen LogP contribution in [0.3, 0.4) is 0 Å². The number of halogens is 1. The van der Waals surface area contributed by atoms with Gasteiger partial charge in [0.05, 0.1) is 0 Å². The lowest BCUT2D eigenvalue weighted by Crippen LogP contribution is -2.51. The minimum atomic E-state index is -3.33. The van der Waals surface area contributed by atoms with Gasteiger partial charge in [0.25, 0.3) is 10.2 Å². The molecule has 0 spiro atoms. The Morgan fingerprint density at radius 3 is 2.61 bits per heavy atom. The number of piperidine rings is 1. The second kappa shape index (κ2) is 7.68. The Morgan fingerprint density at radius 1 is 1.33 bits per heavy atom. The van der Waals surface area contributed by atoms with Crippen molar-refractivity contribution in [2.24, 2.45) is 0 Å². The zero-order valence-corrected chi connectivity index (χ0v) is 13.0. The Kier molecular flexibility index (Phi) is 6.92. The predicted molar refractivity (Wildman–Crippen MR) is 76.1 cm³/mol. The molecule has 0 aromatic carbocycles. The molecule has 0 aliphatic carbocycles. The van der Waals surface area contributed by atoms with Crippen molar-refractivity contribution in [1.82, 2.24) is 8.61 Å². The average molecular weight is 297 g/mol. The summed E-state index contributed by atoms with van der Waals surface area (Å²) in [6, 6.07) is -0.0268. The highest BCUT2D eigenvalue weighted by Gasteiger charge is 2.35. The predicted octanol–water partition coefficient (Wildman–Crippen LogP) is 2.45. The summed E-state index contributed by atoms with van der Waals surface area (Å²) in [4.78, 5) is 0. The van der Waals surface area contributed by atoms with E-state index in [1.54, 1.807) is 8.61 Å². The highest BCUT2D eigenvalue weighted by molar-refractivity contribution is 7.86. The zero-order valence-electron chi connectivity index (χ0n) is 11.4. The van der Waals surface area contributed by atoms with Gasteiger partial charge in [-0.1, -0.05) is 26.7 Å². The lowest BCUT2D eigenvalue weighted by atomic mass is 10.1. The molecule has 0 N–H and O–H groups in total. The molecule has 108 valence electrons. The van der Waals surface area contributed by atoms with Crippen LogP contribution in [0, 0.1) is 0 Å². The summed E-state index contributed by atoms with van der Waals surface area (Å²) in [5.41, 5.74) is 0. The van der Waals surface area contributed by atoms with Crippen molar-refractivity contribution in [2.45, 2.75) is 52.0 Å². The van der Waals surface area contributed by atoms with E-state index in [9.17, 15) is 8.42 Å². The van der Waals surface area contributed by atoms with E-state index in [2.05, 4.69) is 6.92 Å². The summed E-state index contributed by atoms with van der Waals surface area (Å²) in [5, 5.41) is 0. The van der Waals surface area contributed by atoms with E-state index in [1.807, 2.05) is 6.92 Å². The molecule has 1 saturated heterocycles. The van der Waals surface area contributed by atoms with Crippen molar-refractivity contribution in [1.29, 1.82) is 0 Å². The van der Waals surface area contributed by atoms with Gasteiger partial charge in [0.15, 0.2) is 0 Å². The normalized spacial score (nSPS) is 22.6. The fourth-order valence-electron chi connectivity index (χ4n) is 2.35. The van der Waals surface area contributed by atoms with E-state index in [0.29, 0.717) is 25.5 Å². The molecule has 1 atom stereocenters. The summed E-state index contributed by atoms with van der Waals surface area (Å²) in [5.74, 6) is 0.393. The molecule has 18 heavy (non-hydrogen) atoms. The van der Waals surface area contributed by atoms with Crippen LogP contribution in [0.2, 0.25) is 0 Å². The van der Waals surface area contributed by atoms with Crippen molar-refractivity contribution < 1.29 is 8.42 Å². The first-order valence-corrected chi connectivity index (χ1v) is 8.83. The van der Waals surface area contributed by atoms with Gasteiger partial charge in [-0.2, -0.15) is 17.0 Å². The molecule has 0 aromatic heterocycles. The van der Waals surface area contributed by atoms with Gasteiger partial charge in [0.1, 0.15) is 0 Å². The Balaban J connectivity index is 2.81. The molecule has 6 heteroatoms. The van der Waals surface area contributed by atoms with E-state index in [4.69, 9.17) is 11.6 Å². The van der Waals surface area contributed by atoms with Gasteiger partial charge in [-0.25, -0.2) is 0 Å². The molecule has 1 aliphatic rings. The maximum Gasteiger partial charge on any atom is 0.282 e. The maximum atomic E-state index is 12.6. The standard InChI is InChI=1S/C12H25ClN2O2S/c1-3-5-9-14(4-2)18(16,17)15-10-7-6-8-12(15)11-13/h12H,3-11H2,1-2H3. The smallest absolute Gasteiger partial charge is 0.195 e. The van der Waals surface area contributed by atoms with Crippen molar-refractivity contribution in [3.05, 3.63) is 0 Å². The molecule has 1 aliphatic heterocycles. The van der Waals surface area contributed by atoms with Crippen LogP contribution in [0.25, 0.3) is 0 Å². The van der Waals surface area contributed by atoms with Crippen LogP contribution in [-0.2, 0) is 10.2 Å². The Bertz CT molecular complexity index is 335. The average Bonchev–Trinajstić information content (AvgIpc) is 2.39. The first-order valence-electron chi connectivity index (χ1n) is 6.90. The van der Waals surface area contributed by atoms with Crippen LogP contribution < -0.4 is 0 Å². The van der Waals surface area contributed by atoms with Gasteiger partial charge in [0, 0.05) is 31.6 Å². The molecule has 1 heterocycles. The largest absolute Gasteiger partial charge is 0.282 e. The third-order valence-electron chi connectivity index (χ3n) is 3.49. The number of unbranched alkanes of at least 4 members (excludes halogenated alkanes) is 1. The van der Waals surface area contributed by atoms with Gasteiger partial charge in [0.2, 0.25) is 0 Å². The first-order chi connectivity index (χ1) is 8.57. The molecule has 0 radical (unpaired) electrons. The first kappa shape index (κ1) is 16.2. The minimum Gasteiger partial charge on any atom is -0.195 e. The Hall–Kier alpha value is 0.160. The van der Waals surface area contributed by atoms with E-state index in [-0.39, 0.29) is 6.04 Å². The maximum absolute atomic E-state index is 12.6. The summed E-state index contributed by atoms with van der Waals surface area (Å²) < 4.78 is 28.4. The molecular weight excluding hydrogens is 272 g/mol. The lowest BCUT2D eigenvalue weighted by molar-refractivity contribution is 0.247. The third-order valence-corrected chi connectivity index (χ3v) is 6.01. The zero-order chi connectivity index (χ0) is 13.6. The highest BCUT2D eigenvalue weighted by Crippen LogP contribution is 2.23. The molecule has 0 amide bonds. The summed E-state index contributed by atoms with van der Waals surface area (Å²) in [6.07, 6.45) is 4.81. The van der Waals surface area contributed by atoms with Gasteiger partial charge in [-0.15, -0.1) is 11.6 Å². The van der Waals surface area contributed by atoms with Gasteiger partial charge in [-0.3, -0.25) is 0 Å². The topological polar surface area (TPSA) is 40.6 Å². The van der Waals surface area contributed by atoms with Crippen molar-refractivity contribution in [2.75, 3.05) is 25.5 Å². The quantitative estimate of drug-likeness (QED) is 0.677. The summed E-state index contributed by atoms with van der Waals surface area (Å²) >= 11 is 5.91. The van der Waals surface area contributed by atoms with Gasteiger partial charge >= 0.3 is 0 Å². The van der Waals surface area contributed by atoms with E-state index in [0.717, 1.165) is 32.1 Å². The van der Waals surface area contributed by atoms with Crippen LogP contribution in [0.1, 0.15) is 46.0 Å². The molecular formula is C12H25ClN2O2S. The molecule has 1 rings (SSSR count). The minimum absolute atomic E-state index is 0.0268. The SMILES string of the molecule is CCCCN(CC)S(=O)(=O)N1CCCCC1CCl. The second-order valence-corrected chi connectivity index (χ2v) is 6.96. The second-order valence-electron chi connectivity index (χ2n) is 4.77. The molecule has 0 bridgehead atoms. The number of alkyl halides is 1. The van der Waals surface area contributed by atoms with Crippen LogP contribution in [0.5, 0.6) is 0 Å². The van der Waals surface area contributed by atoms with Crippen molar-refractivity contribution in [3.8, 4) is 0 Å². The van der Waals surface area contributed by atoms with Crippen LogP contribution in [-0.4, -0.2) is 48.6 Å². The van der Waals surface area contributed by atoms with Crippen LogP contribution >= 0.6 is 11.6 Å². The molecule has 0 aromatic rings. The summed E-state index contributed by atoms with van der Waals surface area (Å²) in [6.45, 7) is 5.73. The van der Waals surface area contributed by atoms with E-state index >= 15 is 0 Å². The fourth-order valence-corrected chi connectivity index (χ4v) is 4.65. The van der Waals surface area contributed by atoms with Crippen molar-refractivity contribution >= 4 is 21.8 Å². The molecule has 4 nitrogen and oxygen atoms in total. The monoisotopic (exact) mass is 296 g/mol. The Labute approximate surface area is 116 Å². The van der Waals surface area contributed by atoms with Gasteiger partial charge in [-0.05, 0) is 19.3 Å². The number of hydrogen-bond donors (Lipinski definition) is 0. The lowest BCUT2D eigenvalue weighted by Gasteiger charge is -2.36. The fraction of sp³-hybridized carbons (Fsp3) is 1.00. The number of hydrogen-bond acceptors (Lipinski definition) is 2. The van der Waals surface area contributed by atoms with Gasteiger partial charge < -0.3 is 0 Å². The van der Waals surface area contributed by atoms with E-state index in [1.165, 1.54) is 0 Å². The molecule has 0 saturated carbocycles. The third kappa shape index (κ3) is 3.83.